The van der Waals surface area contributed by atoms with E-state index in [4.69, 9.17) is 4.42 Å². The molecule has 6 rings (SSSR count). The Labute approximate surface area is 219 Å². The first-order valence-electron chi connectivity index (χ1n) is 13.8. The highest BCUT2D eigenvalue weighted by Crippen LogP contribution is 2.36. The van der Waals surface area contributed by atoms with Crippen LogP contribution in [0.5, 0.6) is 0 Å². The second-order valence-corrected chi connectivity index (χ2v) is 10.8. The van der Waals surface area contributed by atoms with Crippen molar-refractivity contribution in [1.29, 1.82) is 0 Å². The lowest BCUT2D eigenvalue weighted by Crippen LogP contribution is -2.39. The first kappa shape index (κ1) is 24.0. The van der Waals surface area contributed by atoms with Gasteiger partial charge in [0.15, 0.2) is 0 Å². The quantitative estimate of drug-likeness (QED) is 0.318. The number of benzene rings is 1. The van der Waals surface area contributed by atoms with Crippen LogP contribution in [0.4, 0.5) is 0 Å². The van der Waals surface area contributed by atoms with Crippen molar-refractivity contribution < 1.29 is 9.21 Å². The molecule has 0 bridgehead atoms. The van der Waals surface area contributed by atoms with Gasteiger partial charge in [-0.05, 0) is 106 Å². The van der Waals surface area contributed by atoms with Gasteiger partial charge in [0, 0.05) is 41.2 Å². The van der Waals surface area contributed by atoms with E-state index in [1.54, 1.807) is 10.9 Å². The molecule has 6 heteroatoms. The number of carbonyl (C=O) groups is 1. The van der Waals surface area contributed by atoms with Gasteiger partial charge in [0.25, 0.3) is 5.91 Å². The van der Waals surface area contributed by atoms with E-state index < -0.39 is 0 Å². The van der Waals surface area contributed by atoms with Crippen molar-refractivity contribution in [2.45, 2.75) is 63.5 Å². The van der Waals surface area contributed by atoms with Crippen molar-refractivity contribution in [2.24, 2.45) is 5.92 Å². The number of hydrogen-bond acceptors (Lipinski definition) is 4. The Morgan fingerprint density at radius 2 is 1.86 bits per heavy atom. The molecule has 1 unspecified atom stereocenters. The van der Waals surface area contributed by atoms with Crippen molar-refractivity contribution >= 4 is 5.91 Å². The van der Waals surface area contributed by atoms with E-state index in [2.05, 4.69) is 33.5 Å². The number of nitrogens with one attached hydrogen (secondary N) is 1. The van der Waals surface area contributed by atoms with Crippen LogP contribution < -0.4 is 5.32 Å². The summed E-state index contributed by atoms with van der Waals surface area (Å²) in [5.41, 5.74) is 4.19. The maximum absolute atomic E-state index is 12.8. The minimum absolute atomic E-state index is 0.0267. The summed E-state index contributed by atoms with van der Waals surface area (Å²) in [6, 6.07) is 18.8. The topological polar surface area (TPSA) is 63.3 Å². The standard InChI is InChI=1S/C31H36N4O2/c36-31(24-10-14-28(15-11-24)35-19-4-17-32-35)33-27-12-8-23(9-13-27)16-20-34-18-2-1-6-29(34)26-21-25-5-3-7-30(25)37-22-26/h3-5,7,10-11,14-15,17,19,21-23,27,29H,1-2,6,8-9,12-13,16,18,20H2,(H,33,36)/t23-,27-,29?. The molecule has 0 radical (unpaired) electrons. The van der Waals surface area contributed by atoms with E-state index in [9.17, 15) is 4.79 Å². The van der Waals surface area contributed by atoms with Crippen LogP contribution in [0.1, 0.15) is 73.3 Å². The Bertz CT molecular complexity index is 1250. The molecule has 6 nitrogen and oxygen atoms in total. The lowest BCUT2D eigenvalue weighted by Gasteiger charge is -2.37. The number of aromatic nitrogens is 2. The summed E-state index contributed by atoms with van der Waals surface area (Å²) in [5, 5.41) is 7.52. The predicted octanol–water partition coefficient (Wildman–Crippen LogP) is 6.48. The molecule has 1 aromatic heterocycles. The fourth-order valence-electron chi connectivity index (χ4n) is 6.20. The number of fused-ring (bicyclic) bond motifs is 1. The fraction of sp³-hybridized carbons (Fsp3) is 0.419. The minimum atomic E-state index is 0.0267. The van der Waals surface area contributed by atoms with Gasteiger partial charge < -0.3 is 9.73 Å². The van der Waals surface area contributed by atoms with Crippen molar-refractivity contribution in [2.75, 3.05) is 13.1 Å². The summed E-state index contributed by atoms with van der Waals surface area (Å²) in [7, 11) is 0. The lowest BCUT2D eigenvalue weighted by molar-refractivity contribution is 0.0915. The first-order chi connectivity index (χ1) is 18.2. The second-order valence-electron chi connectivity index (χ2n) is 10.8. The monoisotopic (exact) mass is 496 g/mol. The molecule has 2 aliphatic heterocycles. The van der Waals surface area contributed by atoms with Crippen LogP contribution in [-0.4, -0.2) is 39.7 Å². The molecule has 1 saturated heterocycles. The molecule has 0 spiro atoms. The molecule has 2 aromatic rings. The predicted molar refractivity (Wildman–Crippen MR) is 145 cm³/mol. The molecule has 3 heterocycles. The van der Waals surface area contributed by atoms with Crippen LogP contribution in [0.25, 0.3) is 17.0 Å². The Morgan fingerprint density at radius 1 is 1.00 bits per heavy atom. The highest BCUT2D eigenvalue weighted by Gasteiger charge is 2.28. The van der Waals surface area contributed by atoms with Crippen LogP contribution in [0.15, 0.2) is 77.7 Å². The summed E-state index contributed by atoms with van der Waals surface area (Å²) in [6.07, 6.45) is 15.2. The molecule has 1 amide bonds. The average molecular weight is 497 g/mol. The zero-order valence-electron chi connectivity index (χ0n) is 21.4. The smallest absolute Gasteiger partial charge is 0.251 e. The van der Waals surface area contributed by atoms with Crippen LogP contribution in [0, 0.1) is 5.92 Å². The van der Waals surface area contributed by atoms with Crippen molar-refractivity contribution in [3.8, 4) is 17.0 Å². The van der Waals surface area contributed by atoms with E-state index in [1.165, 1.54) is 56.2 Å². The molecule has 1 N–H and O–H groups in total. The number of hydrogen-bond donors (Lipinski definition) is 1. The second kappa shape index (κ2) is 10.9. The number of carbonyl (C=O) groups excluding carboxylic acids is 1. The third-order valence-electron chi connectivity index (χ3n) is 8.36. The third-order valence-corrected chi connectivity index (χ3v) is 8.36. The number of amides is 1. The maximum atomic E-state index is 12.8. The van der Waals surface area contributed by atoms with Crippen molar-refractivity contribution in [1.82, 2.24) is 20.0 Å². The zero-order valence-corrected chi connectivity index (χ0v) is 21.4. The number of rotatable bonds is 7. The lowest BCUT2D eigenvalue weighted by atomic mass is 9.83. The molecule has 2 fully saturated rings. The van der Waals surface area contributed by atoms with E-state index in [0.717, 1.165) is 36.8 Å². The average Bonchev–Trinajstić information content (AvgIpc) is 3.65. The highest BCUT2D eigenvalue weighted by atomic mass is 16.3. The summed E-state index contributed by atoms with van der Waals surface area (Å²) < 4.78 is 7.71. The van der Waals surface area contributed by atoms with Gasteiger partial charge in [-0.2, -0.15) is 5.10 Å². The Balaban J connectivity index is 0.982. The normalized spacial score (nSPS) is 22.8. The summed E-state index contributed by atoms with van der Waals surface area (Å²) in [6.45, 7) is 2.32. The molecule has 37 heavy (non-hydrogen) atoms. The number of likely N-dealkylation sites (tertiary alicyclic amines) is 1. The van der Waals surface area contributed by atoms with Crippen LogP contribution in [0.2, 0.25) is 0 Å². The number of nitrogens with zero attached hydrogens (tertiary/aromatic N) is 3. The van der Waals surface area contributed by atoms with E-state index in [0.29, 0.717) is 11.6 Å². The van der Waals surface area contributed by atoms with Crippen molar-refractivity contribution in [3.05, 3.63) is 84.4 Å². The first-order valence-corrected chi connectivity index (χ1v) is 13.8. The molecule has 1 aromatic carbocycles. The molecule has 1 atom stereocenters. The molecule has 1 saturated carbocycles. The largest absolute Gasteiger partial charge is 0.464 e. The minimum Gasteiger partial charge on any atom is -0.464 e. The number of piperidine rings is 1. The summed E-state index contributed by atoms with van der Waals surface area (Å²) >= 11 is 0. The van der Waals surface area contributed by atoms with Crippen LogP contribution in [0.3, 0.4) is 0 Å². The van der Waals surface area contributed by atoms with Gasteiger partial charge in [-0.25, -0.2) is 4.68 Å². The van der Waals surface area contributed by atoms with Gasteiger partial charge in [0.1, 0.15) is 5.76 Å². The Hall–Kier alpha value is -3.38. The molecule has 2 aliphatic carbocycles. The maximum Gasteiger partial charge on any atom is 0.251 e. The van der Waals surface area contributed by atoms with Crippen molar-refractivity contribution in [3.63, 3.8) is 0 Å². The van der Waals surface area contributed by atoms with Gasteiger partial charge >= 0.3 is 0 Å². The zero-order chi connectivity index (χ0) is 25.0. The van der Waals surface area contributed by atoms with Gasteiger partial charge in [-0.15, -0.1) is 0 Å². The molecular weight excluding hydrogens is 460 g/mol. The summed E-state index contributed by atoms with van der Waals surface area (Å²) in [4.78, 5) is 15.5. The SMILES string of the molecule is O=C(N[C@H]1CC[C@H](CCN2CCCCC2c2coc3cccc-3c2)CC1)c1ccc(-n2cccn2)cc1. The van der Waals surface area contributed by atoms with E-state index >= 15 is 0 Å². The van der Waals surface area contributed by atoms with E-state index in [1.807, 2.05) is 48.9 Å². The summed E-state index contributed by atoms with van der Waals surface area (Å²) in [5.74, 6) is 1.74. The van der Waals surface area contributed by atoms with Gasteiger partial charge in [-0.3, -0.25) is 9.69 Å². The van der Waals surface area contributed by atoms with Crippen LogP contribution >= 0.6 is 0 Å². The molecular formula is C31H36N4O2. The van der Waals surface area contributed by atoms with Gasteiger partial charge in [-0.1, -0.05) is 18.6 Å². The molecule has 192 valence electrons. The van der Waals surface area contributed by atoms with E-state index in [-0.39, 0.29) is 11.9 Å². The van der Waals surface area contributed by atoms with Crippen LogP contribution in [-0.2, 0) is 0 Å². The third kappa shape index (κ3) is 5.49. The Morgan fingerprint density at radius 3 is 2.68 bits per heavy atom. The Kier molecular flexibility index (Phi) is 7.09. The van der Waals surface area contributed by atoms with Gasteiger partial charge in [0.05, 0.1) is 12.0 Å². The van der Waals surface area contributed by atoms with Gasteiger partial charge in [0.2, 0.25) is 0 Å². The highest BCUT2D eigenvalue weighted by molar-refractivity contribution is 5.94. The molecule has 4 aliphatic rings. The fourth-order valence-corrected chi connectivity index (χ4v) is 6.20.